The second-order valence-corrected chi connectivity index (χ2v) is 3.57. The number of hydrogen-bond acceptors (Lipinski definition) is 3. The van der Waals surface area contributed by atoms with E-state index in [1.807, 2.05) is 11.5 Å². The van der Waals surface area contributed by atoms with Crippen LogP contribution in [0.25, 0.3) is 0 Å². The fourth-order valence-corrected chi connectivity index (χ4v) is 1.25. The number of aryl methyl sites for hydroxylation is 1. The summed E-state index contributed by atoms with van der Waals surface area (Å²) in [7, 11) is 0. The number of imidazole rings is 1. The van der Waals surface area contributed by atoms with Crippen LogP contribution in [0.1, 0.15) is 18.3 Å². The molecular formula is C12H16N2O2. The largest absolute Gasteiger partial charge is 0.456 e. The summed E-state index contributed by atoms with van der Waals surface area (Å²) >= 11 is 0. The smallest absolute Gasteiger partial charge is 0.333 e. The Kier molecular flexibility index (Phi) is 4.05. The van der Waals surface area contributed by atoms with Gasteiger partial charge in [-0.15, -0.1) is 6.58 Å². The van der Waals surface area contributed by atoms with E-state index in [0.717, 1.165) is 11.4 Å². The van der Waals surface area contributed by atoms with Crippen LogP contribution in [0.4, 0.5) is 0 Å². The predicted molar refractivity (Wildman–Crippen MR) is 61.8 cm³/mol. The van der Waals surface area contributed by atoms with Gasteiger partial charge in [0.15, 0.2) is 0 Å². The number of carbonyl (C=O) groups excluding carboxylic acids is 1. The molecule has 0 saturated carbocycles. The van der Waals surface area contributed by atoms with Crippen molar-refractivity contribution in [1.82, 2.24) is 9.55 Å². The van der Waals surface area contributed by atoms with Crippen molar-refractivity contribution in [3.63, 3.8) is 0 Å². The summed E-state index contributed by atoms with van der Waals surface area (Å²) in [4.78, 5) is 15.4. The van der Waals surface area contributed by atoms with Gasteiger partial charge in [0.25, 0.3) is 0 Å². The van der Waals surface area contributed by atoms with Gasteiger partial charge >= 0.3 is 5.97 Å². The lowest BCUT2D eigenvalue weighted by atomic mass is 10.3. The van der Waals surface area contributed by atoms with Gasteiger partial charge < -0.3 is 9.30 Å². The van der Waals surface area contributed by atoms with E-state index in [2.05, 4.69) is 18.1 Å². The molecule has 1 heterocycles. The number of ether oxygens (including phenoxy) is 1. The minimum absolute atomic E-state index is 0.214. The standard InChI is InChI=1S/C12H16N2O2/c1-5-6-14-8-13-10(4)11(14)7-16-12(15)9(2)3/h5,8H,1-2,6-7H2,3-4H3. The Bertz CT molecular complexity index is 419. The number of esters is 1. The molecule has 1 aromatic heterocycles. The van der Waals surface area contributed by atoms with E-state index in [0.29, 0.717) is 12.1 Å². The van der Waals surface area contributed by atoms with E-state index in [4.69, 9.17) is 4.74 Å². The van der Waals surface area contributed by atoms with Gasteiger partial charge in [-0.25, -0.2) is 9.78 Å². The van der Waals surface area contributed by atoms with Crippen molar-refractivity contribution in [1.29, 1.82) is 0 Å². The lowest BCUT2D eigenvalue weighted by Crippen LogP contribution is -2.09. The third-order valence-electron chi connectivity index (χ3n) is 2.17. The Labute approximate surface area is 95.3 Å². The molecule has 0 bridgehead atoms. The van der Waals surface area contributed by atoms with Gasteiger partial charge in [-0.3, -0.25) is 0 Å². The first-order chi connectivity index (χ1) is 7.56. The second-order valence-electron chi connectivity index (χ2n) is 3.57. The predicted octanol–water partition coefficient (Wildman–Crippen LogP) is 2.00. The lowest BCUT2D eigenvalue weighted by Gasteiger charge is -2.07. The summed E-state index contributed by atoms with van der Waals surface area (Å²) in [6, 6.07) is 0. The van der Waals surface area contributed by atoms with Crippen molar-refractivity contribution < 1.29 is 9.53 Å². The van der Waals surface area contributed by atoms with Crippen LogP contribution in [-0.4, -0.2) is 15.5 Å². The molecule has 86 valence electrons. The monoisotopic (exact) mass is 220 g/mol. The van der Waals surface area contributed by atoms with E-state index in [1.165, 1.54) is 0 Å². The molecule has 1 aromatic rings. The van der Waals surface area contributed by atoms with Crippen LogP contribution in [0.5, 0.6) is 0 Å². The molecule has 0 spiro atoms. The van der Waals surface area contributed by atoms with Crippen LogP contribution in [0, 0.1) is 6.92 Å². The van der Waals surface area contributed by atoms with Crippen molar-refractivity contribution >= 4 is 5.97 Å². The number of rotatable bonds is 5. The first-order valence-corrected chi connectivity index (χ1v) is 5.00. The number of carbonyl (C=O) groups is 1. The molecule has 0 aliphatic heterocycles. The number of nitrogens with zero attached hydrogens (tertiary/aromatic N) is 2. The maximum Gasteiger partial charge on any atom is 0.333 e. The zero-order valence-corrected chi connectivity index (χ0v) is 9.69. The molecule has 4 heteroatoms. The van der Waals surface area contributed by atoms with Gasteiger partial charge in [0.05, 0.1) is 17.7 Å². The summed E-state index contributed by atoms with van der Waals surface area (Å²) in [5.41, 5.74) is 2.14. The quantitative estimate of drug-likeness (QED) is 0.433. The Morgan fingerprint density at radius 1 is 1.69 bits per heavy atom. The minimum Gasteiger partial charge on any atom is -0.456 e. The number of allylic oxidation sites excluding steroid dienone is 1. The summed E-state index contributed by atoms with van der Waals surface area (Å²) in [5.74, 6) is -0.384. The van der Waals surface area contributed by atoms with Gasteiger partial charge in [0.2, 0.25) is 0 Å². The Morgan fingerprint density at radius 3 is 2.94 bits per heavy atom. The van der Waals surface area contributed by atoms with Crippen molar-refractivity contribution in [3.05, 3.63) is 42.5 Å². The molecule has 0 fully saturated rings. The molecule has 0 N–H and O–H groups in total. The van der Waals surface area contributed by atoms with E-state index in [9.17, 15) is 4.79 Å². The molecule has 1 rings (SSSR count). The van der Waals surface area contributed by atoms with E-state index in [1.54, 1.807) is 19.3 Å². The normalized spacial score (nSPS) is 9.88. The Balaban J connectivity index is 2.72. The number of aromatic nitrogens is 2. The van der Waals surface area contributed by atoms with Gasteiger partial charge in [0, 0.05) is 12.1 Å². The van der Waals surface area contributed by atoms with Gasteiger partial charge in [0.1, 0.15) is 6.61 Å². The lowest BCUT2D eigenvalue weighted by molar-refractivity contribution is -0.140. The molecule has 0 aliphatic carbocycles. The Morgan fingerprint density at radius 2 is 2.38 bits per heavy atom. The first-order valence-electron chi connectivity index (χ1n) is 5.00. The molecule has 4 nitrogen and oxygen atoms in total. The summed E-state index contributed by atoms with van der Waals surface area (Å²) < 4.78 is 6.98. The summed E-state index contributed by atoms with van der Waals surface area (Å²) in [6.45, 7) is 11.5. The van der Waals surface area contributed by atoms with Crippen molar-refractivity contribution in [2.45, 2.75) is 27.0 Å². The summed E-state index contributed by atoms with van der Waals surface area (Å²) in [6.07, 6.45) is 3.48. The zero-order chi connectivity index (χ0) is 12.1. The van der Waals surface area contributed by atoms with Crippen LogP contribution in [0.2, 0.25) is 0 Å². The van der Waals surface area contributed by atoms with Gasteiger partial charge in [-0.2, -0.15) is 0 Å². The zero-order valence-electron chi connectivity index (χ0n) is 9.69. The molecule has 0 aliphatic rings. The fraction of sp³-hybridized carbons (Fsp3) is 0.333. The highest BCUT2D eigenvalue weighted by molar-refractivity contribution is 5.86. The average molecular weight is 220 g/mol. The first kappa shape index (κ1) is 12.2. The third kappa shape index (κ3) is 2.82. The van der Waals surface area contributed by atoms with Crippen molar-refractivity contribution in [2.24, 2.45) is 0 Å². The van der Waals surface area contributed by atoms with Crippen LogP contribution in [0.3, 0.4) is 0 Å². The van der Waals surface area contributed by atoms with Gasteiger partial charge in [-0.1, -0.05) is 12.7 Å². The molecule has 0 amide bonds. The maximum atomic E-state index is 11.2. The fourth-order valence-electron chi connectivity index (χ4n) is 1.25. The molecule has 16 heavy (non-hydrogen) atoms. The topological polar surface area (TPSA) is 44.1 Å². The van der Waals surface area contributed by atoms with Crippen LogP contribution < -0.4 is 0 Å². The molecule has 0 atom stereocenters. The third-order valence-corrected chi connectivity index (χ3v) is 2.17. The molecular weight excluding hydrogens is 204 g/mol. The minimum atomic E-state index is -0.384. The SMILES string of the molecule is C=CCn1cnc(C)c1COC(=O)C(=C)C. The highest BCUT2D eigenvalue weighted by Gasteiger charge is 2.10. The van der Waals surface area contributed by atoms with Crippen molar-refractivity contribution in [3.8, 4) is 0 Å². The molecule has 0 saturated heterocycles. The van der Waals surface area contributed by atoms with Crippen molar-refractivity contribution in [2.75, 3.05) is 0 Å². The molecule has 0 radical (unpaired) electrons. The average Bonchev–Trinajstić information content (AvgIpc) is 2.57. The molecule has 0 aromatic carbocycles. The van der Waals surface area contributed by atoms with Gasteiger partial charge in [-0.05, 0) is 13.8 Å². The van der Waals surface area contributed by atoms with E-state index < -0.39 is 0 Å². The highest BCUT2D eigenvalue weighted by atomic mass is 16.5. The van der Waals surface area contributed by atoms with E-state index in [-0.39, 0.29) is 12.6 Å². The second kappa shape index (κ2) is 5.30. The van der Waals surface area contributed by atoms with Crippen LogP contribution in [0.15, 0.2) is 31.1 Å². The Hall–Kier alpha value is -1.84. The highest BCUT2D eigenvalue weighted by Crippen LogP contribution is 2.09. The molecule has 0 unspecified atom stereocenters. The van der Waals surface area contributed by atoms with Crippen LogP contribution >= 0.6 is 0 Å². The number of hydrogen-bond donors (Lipinski definition) is 0. The van der Waals surface area contributed by atoms with Crippen LogP contribution in [-0.2, 0) is 22.7 Å². The maximum absolute atomic E-state index is 11.2. The van der Waals surface area contributed by atoms with E-state index >= 15 is 0 Å². The summed E-state index contributed by atoms with van der Waals surface area (Å²) in [5, 5.41) is 0.